The number of aromatic nitrogens is 4. The number of hydrogen-bond donors (Lipinski definition) is 0. The molecule has 136 valence electrons. The third-order valence-corrected chi connectivity index (χ3v) is 4.51. The summed E-state index contributed by atoms with van der Waals surface area (Å²) in [7, 11) is 1.88. The van der Waals surface area contributed by atoms with Crippen LogP contribution in [-0.4, -0.2) is 74.1 Å². The summed E-state index contributed by atoms with van der Waals surface area (Å²) in [6.45, 7) is 6.72. The first-order valence-electron chi connectivity index (χ1n) is 8.55. The van der Waals surface area contributed by atoms with Crippen molar-refractivity contribution in [2.45, 2.75) is 26.8 Å². The molecule has 9 nitrogen and oxygen atoms in total. The number of aryl methyl sites for hydroxylation is 3. The molecule has 1 saturated heterocycles. The van der Waals surface area contributed by atoms with Crippen molar-refractivity contribution in [1.29, 1.82) is 0 Å². The summed E-state index contributed by atoms with van der Waals surface area (Å²) in [5.74, 6) is 0.0775. The number of piperazine rings is 1. The zero-order valence-corrected chi connectivity index (χ0v) is 14.9. The molecule has 25 heavy (non-hydrogen) atoms. The number of ether oxygens (including phenoxy) is 1. The van der Waals surface area contributed by atoms with E-state index in [0.29, 0.717) is 45.8 Å². The van der Waals surface area contributed by atoms with Crippen LogP contribution in [-0.2, 0) is 23.1 Å². The normalized spacial score (nSPS) is 15.0. The van der Waals surface area contributed by atoms with Crippen molar-refractivity contribution >= 4 is 23.0 Å². The molecule has 0 saturated carbocycles. The maximum absolute atomic E-state index is 12.5. The molecule has 0 spiro atoms. The van der Waals surface area contributed by atoms with E-state index < -0.39 is 0 Å². The van der Waals surface area contributed by atoms with Crippen molar-refractivity contribution in [1.82, 2.24) is 29.4 Å². The van der Waals surface area contributed by atoms with Gasteiger partial charge in [-0.3, -0.25) is 14.2 Å². The third kappa shape index (κ3) is 3.45. The second kappa shape index (κ2) is 7.12. The Labute approximate surface area is 146 Å². The van der Waals surface area contributed by atoms with Gasteiger partial charge in [0.15, 0.2) is 0 Å². The lowest BCUT2D eigenvalue weighted by Gasteiger charge is -2.34. The fraction of sp³-hybridized carbons (Fsp3) is 0.625. The van der Waals surface area contributed by atoms with E-state index in [4.69, 9.17) is 4.74 Å². The lowest BCUT2D eigenvalue weighted by atomic mass is 10.3. The van der Waals surface area contributed by atoms with Gasteiger partial charge in [0.25, 0.3) is 0 Å². The largest absolute Gasteiger partial charge is 0.450 e. The van der Waals surface area contributed by atoms with Crippen LogP contribution in [0.1, 0.15) is 19.0 Å². The number of amides is 2. The Morgan fingerprint density at radius 3 is 2.56 bits per heavy atom. The van der Waals surface area contributed by atoms with Crippen LogP contribution in [0, 0.1) is 6.92 Å². The molecule has 9 heteroatoms. The average molecular weight is 348 g/mol. The Bertz CT molecular complexity index is 772. The van der Waals surface area contributed by atoms with Crippen LogP contribution >= 0.6 is 0 Å². The van der Waals surface area contributed by atoms with Crippen LogP contribution in [0.3, 0.4) is 0 Å². The van der Waals surface area contributed by atoms with Gasteiger partial charge < -0.3 is 14.5 Å². The highest BCUT2D eigenvalue weighted by Crippen LogP contribution is 2.17. The van der Waals surface area contributed by atoms with E-state index in [1.165, 1.54) is 0 Å². The molecule has 2 aromatic heterocycles. The van der Waals surface area contributed by atoms with E-state index in [9.17, 15) is 9.59 Å². The number of hydrogen-bond acceptors (Lipinski definition) is 5. The minimum atomic E-state index is -0.305. The van der Waals surface area contributed by atoms with Gasteiger partial charge in [-0.2, -0.15) is 10.2 Å². The van der Waals surface area contributed by atoms with Crippen molar-refractivity contribution in [2.75, 3.05) is 32.8 Å². The van der Waals surface area contributed by atoms with Gasteiger partial charge in [-0.15, -0.1) is 0 Å². The van der Waals surface area contributed by atoms with Crippen molar-refractivity contribution in [3.8, 4) is 0 Å². The van der Waals surface area contributed by atoms with Crippen molar-refractivity contribution in [2.24, 2.45) is 7.05 Å². The summed E-state index contributed by atoms with van der Waals surface area (Å²) in [6, 6.07) is 0. The van der Waals surface area contributed by atoms with Crippen LogP contribution in [0.4, 0.5) is 4.79 Å². The molecular weight excluding hydrogens is 324 g/mol. The van der Waals surface area contributed by atoms with Gasteiger partial charge in [0, 0.05) is 39.6 Å². The second-order valence-corrected chi connectivity index (χ2v) is 6.13. The van der Waals surface area contributed by atoms with E-state index >= 15 is 0 Å². The molecule has 1 aliphatic heterocycles. The van der Waals surface area contributed by atoms with E-state index in [0.717, 1.165) is 16.7 Å². The first kappa shape index (κ1) is 17.2. The standard InChI is InChI=1S/C16H24N6O3/c1-4-25-16(24)21-9-7-20(8-10-21)14(23)5-6-22-15-12(2)18-19(3)13(15)11-17-22/h11H,4-10H2,1-3H3. The number of fused-ring (bicyclic) bond motifs is 1. The molecule has 3 rings (SSSR count). The minimum Gasteiger partial charge on any atom is -0.450 e. The monoisotopic (exact) mass is 348 g/mol. The topological polar surface area (TPSA) is 85.5 Å². The molecule has 0 bridgehead atoms. The molecule has 0 aliphatic carbocycles. The van der Waals surface area contributed by atoms with Crippen LogP contribution in [0.5, 0.6) is 0 Å². The van der Waals surface area contributed by atoms with E-state index in [-0.39, 0.29) is 12.0 Å². The Balaban J connectivity index is 1.54. The van der Waals surface area contributed by atoms with Crippen molar-refractivity contribution < 1.29 is 14.3 Å². The predicted octanol–water partition coefficient (Wildman–Crippen LogP) is 0.769. The zero-order chi connectivity index (χ0) is 18.0. The number of carbonyl (C=O) groups is 2. The van der Waals surface area contributed by atoms with Crippen molar-refractivity contribution in [3.05, 3.63) is 11.9 Å². The SMILES string of the molecule is CCOC(=O)N1CCN(C(=O)CCn2ncc3c2c(C)nn3C)CC1. The molecule has 2 amide bonds. The maximum Gasteiger partial charge on any atom is 0.409 e. The molecule has 3 heterocycles. The average Bonchev–Trinajstić information content (AvgIpc) is 3.15. The minimum absolute atomic E-state index is 0.0775. The lowest BCUT2D eigenvalue weighted by molar-refractivity contribution is -0.133. The Kier molecular flexibility index (Phi) is 4.91. The third-order valence-electron chi connectivity index (χ3n) is 4.51. The highest BCUT2D eigenvalue weighted by atomic mass is 16.6. The van der Waals surface area contributed by atoms with Crippen LogP contribution in [0.25, 0.3) is 11.0 Å². The Hall–Kier alpha value is -2.58. The molecule has 0 atom stereocenters. The van der Waals surface area contributed by atoms with Gasteiger partial charge in [0.05, 0.1) is 25.0 Å². The van der Waals surface area contributed by atoms with Gasteiger partial charge >= 0.3 is 6.09 Å². The predicted molar refractivity (Wildman–Crippen MR) is 91.0 cm³/mol. The van der Waals surface area contributed by atoms with E-state index in [1.807, 2.05) is 18.7 Å². The van der Waals surface area contributed by atoms with Crippen molar-refractivity contribution in [3.63, 3.8) is 0 Å². The number of nitrogens with zero attached hydrogens (tertiary/aromatic N) is 6. The highest BCUT2D eigenvalue weighted by molar-refractivity contribution is 5.79. The molecule has 0 aromatic carbocycles. The quantitative estimate of drug-likeness (QED) is 0.815. The van der Waals surface area contributed by atoms with Gasteiger partial charge in [-0.05, 0) is 13.8 Å². The molecular formula is C16H24N6O3. The first-order valence-corrected chi connectivity index (χ1v) is 8.55. The molecule has 0 N–H and O–H groups in total. The number of carbonyl (C=O) groups excluding carboxylic acids is 2. The molecule has 0 unspecified atom stereocenters. The second-order valence-electron chi connectivity index (χ2n) is 6.13. The van der Waals surface area contributed by atoms with Gasteiger partial charge in [-0.1, -0.05) is 0 Å². The molecule has 1 fully saturated rings. The summed E-state index contributed by atoms with van der Waals surface area (Å²) in [5, 5.41) is 8.74. The van der Waals surface area contributed by atoms with Gasteiger partial charge in [0.2, 0.25) is 5.91 Å². The summed E-state index contributed by atoms with van der Waals surface area (Å²) in [5.41, 5.74) is 2.85. The van der Waals surface area contributed by atoms with E-state index in [2.05, 4.69) is 10.2 Å². The molecule has 1 aliphatic rings. The van der Waals surface area contributed by atoms with Gasteiger partial charge in [-0.25, -0.2) is 4.79 Å². The van der Waals surface area contributed by atoms with Gasteiger partial charge in [0.1, 0.15) is 11.0 Å². The smallest absolute Gasteiger partial charge is 0.409 e. The maximum atomic E-state index is 12.5. The summed E-state index contributed by atoms with van der Waals surface area (Å²) in [4.78, 5) is 27.6. The number of rotatable bonds is 4. The van der Waals surface area contributed by atoms with Crippen LogP contribution in [0.2, 0.25) is 0 Å². The Morgan fingerprint density at radius 2 is 1.88 bits per heavy atom. The fourth-order valence-corrected chi connectivity index (χ4v) is 3.19. The first-order chi connectivity index (χ1) is 12.0. The Morgan fingerprint density at radius 1 is 1.20 bits per heavy atom. The van der Waals surface area contributed by atoms with Crippen LogP contribution < -0.4 is 0 Å². The zero-order valence-electron chi connectivity index (χ0n) is 14.9. The summed E-state index contributed by atoms with van der Waals surface area (Å²) in [6.07, 6.45) is 1.85. The molecule has 0 radical (unpaired) electrons. The van der Waals surface area contributed by atoms with E-state index in [1.54, 1.807) is 27.6 Å². The lowest BCUT2D eigenvalue weighted by Crippen LogP contribution is -2.50. The summed E-state index contributed by atoms with van der Waals surface area (Å²) < 4.78 is 8.63. The fourth-order valence-electron chi connectivity index (χ4n) is 3.19. The molecule has 2 aromatic rings. The highest BCUT2D eigenvalue weighted by Gasteiger charge is 2.24. The summed E-state index contributed by atoms with van der Waals surface area (Å²) >= 11 is 0. The van der Waals surface area contributed by atoms with Crippen LogP contribution in [0.15, 0.2) is 6.20 Å².